The molecule has 0 bridgehead atoms. The molecule has 3 aromatic rings. The Hall–Kier alpha value is -3.13. The van der Waals surface area contributed by atoms with E-state index < -0.39 is 0 Å². The number of hydrogen-bond acceptors (Lipinski definition) is 5. The molecule has 0 unspecified atom stereocenters. The van der Waals surface area contributed by atoms with Crippen molar-refractivity contribution in [1.29, 1.82) is 0 Å². The molecule has 30 heavy (non-hydrogen) atoms. The van der Waals surface area contributed by atoms with E-state index in [0.717, 1.165) is 11.3 Å². The molecule has 0 atom stereocenters. The molecule has 0 aliphatic rings. The summed E-state index contributed by atoms with van der Waals surface area (Å²) in [6.45, 7) is 6.91. The Morgan fingerprint density at radius 3 is 2.87 bits per heavy atom. The molecule has 1 aromatic heterocycles. The Labute approximate surface area is 179 Å². The zero-order valence-corrected chi connectivity index (χ0v) is 17.5. The summed E-state index contributed by atoms with van der Waals surface area (Å²) in [5.74, 6) is 0.822. The van der Waals surface area contributed by atoms with Gasteiger partial charge in [0.2, 0.25) is 5.91 Å². The molecule has 0 spiro atoms. The first-order chi connectivity index (χ1) is 14.6. The third-order valence-corrected chi connectivity index (χ3v) is 5.12. The van der Waals surface area contributed by atoms with E-state index in [9.17, 15) is 9.18 Å². The van der Waals surface area contributed by atoms with Gasteiger partial charge in [0.05, 0.1) is 17.9 Å². The fraction of sp³-hybridized carbons (Fsp3) is 0.227. The molecule has 3 rings (SSSR count). The quantitative estimate of drug-likeness (QED) is 0.303. The SMILES string of the molecule is C=CCn1c(SCC(=O)NCCOc2cccc(C)c2)nnc1-c1ccccc1F. The van der Waals surface area contributed by atoms with Crippen molar-refractivity contribution in [2.75, 3.05) is 18.9 Å². The molecule has 0 saturated carbocycles. The summed E-state index contributed by atoms with van der Waals surface area (Å²) in [7, 11) is 0. The highest BCUT2D eigenvalue weighted by Crippen LogP contribution is 2.25. The molecule has 156 valence electrons. The van der Waals surface area contributed by atoms with Crippen LogP contribution in [0.2, 0.25) is 0 Å². The molecule has 0 radical (unpaired) electrons. The average Bonchev–Trinajstić information content (AvgIpc) is 3.13. The predicted molar refractivity (Wildman–Crippen MR) is 116 cm³/mol. The van der Waals surface area contributed by atoms with Crippen molar-refractivity contribution in [3.8, 4) is 17.1 Å². The van der Waals surface area contributed by atoms with Crippen molar-refractivity contribution in [2.24, 2.45) is 0 Å². The van der Waals surface area contributed by atoms with Crippen LogP contribution in [-0.4, -0.2) is 39.6 Å². The summed E-state index contributed by atoms with van der Waals surface area (Å²) >= 11 is 1.24. The Bertz CT molecular complexity index is 1020. The number of nitrogens with one attached hydrogen (secondary N) is 1. The number of halogens is 1. The number of hydrogen-bond donors (Lipinski definition) is 1. The maximum atomic E-state index is 14.1. The first kappa shape index (κ1) is 21.6. The second kappa shape index (κ2) is 10.6. The van der Waals surface area contributed by atoms with E-state index in [1.807, 2.05) is 31.2 Å². The summed E-state index contributed by atoms with van der Waals surface area (Å²) in [4.78, 5) is 12.2. The van der Waals surface area contributed by atoms with Gasteiger partial charge >= 0.3 is 0 Å². The van der Waals surface area contributed by atoms with Crippen molar-refractivity contribution >= 4 is 17.7 Å². The van der Waals surface area contributed by atoms with Gasteiger partial charge in [-0.25, -0.2) is 4.39 Å². The number of allylic oxidation sites excluding steroid dienone is 1. The highest BCUT2D eigenvalue weighted by Gasteiger charge is 2.17. The van der Waals surface area contributed by atoms with Crippen LogP contribution in [0.25, 0.3) is 11.4 Å². The summed E-state index contributed by atoms with van der Waals surface area (Å²) in [5, 5.41) is 11.6. The van der Waals surface area contributed by atoms with Crippen LogP contribution in [0.15, 0.2) is 66.3 Å². The molecule has 6 nitrogen and oxygen atoms in total. The molecule has 8 heteroatoms. The van der Waals surface area contributed by atoms with Crippen molar-refractivity contribution in [2.45, 2.75) is 18.6 Å². The van der Waals surface area contributed by atoms with Crippen LogP contribution in [0.1, 0.15) is 5.56 Å². The number of aromatic nitrogens is 3. The molecular weight excluding hydrogens is 403 g/mol. The first-order valence-corrected chi connectivity index (χ1v) is 10.4. The summed E-state index contributed by atoms with van der Waals surface area (Å²) in [6.07, 6.45) is 1.68. The lowest BCUT2D eigenvalue weighted by molar-refractivity contribution is -0.118. The number of rotatable bonds is 10. The lowest BCUT2D eigenvalue weighted by Crippen LogP contribution is -2.29. The van der Waals surface area contributed by atoms with Gasteiger partial charge in [-0.3, -0.25) is 9.36 Å². The molecule has 0 fully saturated rings. The van der Waals surface area contributed by atoms with E-state index in [-0.39, 0.29) is 17.5 Å². The lowest BCUT2D eigenvalue weighted by Gasteiger charge is -2.09. The average molecular weight is 427 g/mol. The molecule has 2 aromatic carbocycles. The third kappa shape index (κ3) is 5.70. The molecule has 1 N–H and O–H groups in total. The largest absolute Gasteiger partial charge is 0.492 e. The summed E-state index contributed by atoms with van der Waals surface area (Å²) < 4.78 is 21.5. The minimum Gasteiger partial charge on any atom is -0.492 e. The van der Waals surface area contributed by atoms with E-state index in [4.69, 9.17) is 4.74 Å². The minimum atomic E-state index is -0.377. The van der Waals surface area contributed by atoms with Crippen LogP contribution in [0.4, 0.5) is 4.39 Å². The highest BCUT2D eigenvalue weighted by molar-refractivity contribution is 7.99. The number of thioether (sulfide) groups is 1. The molecular formula is C22H23FN4O2S. The topological polar surface area (TPSA) is 69.0 Å². The van der Waals surface area contributed by atoms with Crippen molar-refractivity contribution in [1.82, 2.24) is 20.1 Å². The van der Waals surface area contributed by atoms with Crippen LogP contribution in [0, 0.1) is 12.7 Å². The van der Waals surface area contributed by atoms with Gasteiger partial charge in [-0.2, -0.15) is 0 Å². The van der Waals surface area contributed by atoms with E-state index in [1.165, 1.54) is 17.8 Å². The van der Waals surface area contributed by atoms with Crippen molar-refractivity contribution in [3.63, 3.8) is 0 Å². The van der Waals surface area contributed by atoms with Gasteiger partial charge < -0.3 is 10.1 Å². The molecule has 1 heterocycles. The van der Waals surface area contributed by atoms with Gasteiger partial charge in [0.1, 0.15) is 18.2 Å². The molecule has 1 amide bonds. The van der Waals surface area contributed by atoms with Crippen LogP contribution in [0.5, 0.6) is 5.75 Å². The Balaban J connectivity index is 1.53. The first-order valence-electron chi connectivity index (χ1n) is 9.46. The number of aryl methyl sites for hydroxylation is 1. The van der Waals surface area contributed by atoms with Gasteiger partial charge in [-0.15, -0.1) is 16.8 Å². The van der Waals surface area contributed by atoms with Gasteiger partial charge in [0, 0.05) is 6.54 Å². The number of carbonyl (C=O) groups excluding carboxylic acids is 1. The Morgan fingerprint density at radius 2 is 2.10 bits per heavy atom. The zero-order chi connectivity index (χ0) is 21.3. The number of nitrogens with zero attached hydrogens (tertiary/aromatic N) is 3. The molecule has 0 aliphatic heterocycles. The summed E-state index contributed by atoms with van der Waals surface area (Å²) in [6, 6.07) is 14.1. The van der Waals surface area contributed by atoms with Gasteiger partial charge in [0.15, 0.2) is 11.0 Å². The fourth-order valence-electron chi connectivity index (χ4n) is 2.78. The second-order valence-corrected chi connectivity index (χ2v) is 7.43. The van der Waals surface area contributed by atoms with E-state index in [2.05, 4.69) is 22.1 Å². The Kier molecular flexibility index (Phi) is 7.62. The number of benzene rings is 2. The van der Waals surface area contributed by atoms with Crippen molar-refractivity contribution in [3.05, 3.63) is 72.6 Å². The monoisotopic (exact) mass is 426 g/mol. The van der Waals surface area contributed by atoms with E-state index in [1.54, 1.807) is 28.8 Å². The normalized spacial score (nSPS) is 10.6. The standard InChI is InChI=1S/C22H23FN4O2S/c1-3-12-27-21(18-9-4-5-10-19(18)23)25-26-22(27)30-15-20(28)24-11-13-29-17-8-6-7-16(2)14-17/h3-10,14H,1,11-13,15H2,2H3,(H,24,28). The van der Waals surface area contributed by atoms with Crippen LogP contribution >= 0.6 is 11.8 Å². The lowest BCUT2D eigenvalue weighted by atomic mass is 10.2. The predicted octanol–water partition coefficient (Wildman–Crippen LogP) is 3.87. The van der Waals surface area contributed by atoms with E-state index >= 15 is 0 Å². The van der Waals surface area contributed by atoms with Crippen LogP contribution in [-0.2, 0) is 11.3 Å². The maximum absolute atomic E-state index is 14.1. The van der Waals surface area contributed by atoms with Crippen LogP contribution < -0.4 is 10.1 Å². The zero-order valence-electron chi connectivity index (χ0n) is 16.7. The van der Waals surface area contributed by atoms with E-state index in [0.29, 0.717) is 36.2 Å². The molecule has 0 aliphatic carbocycles. The van der Waals surface area contributed by atoms with Gasteiger partial charge in [-0.05, 0) is 36.8 Å². The summed E-state index contributed by atoms with van der Waals surface area (Å²) in [5.41, 5.74) is 1.47. The number of ether oxygens (including phenoxy) is 1. The minimum absolute atomic E-state index is 0.145. The second-order valence-electron chi connectivity index (χ2n) is 6.49. The fourth-order valence-corrected chi connectivity index (χ4v) is 3.55. The number of carbonyl (C=O) groups is 1. The molecule has 0 saturated heterocycles. The highest BCUT2D eigenvalue weighted by atomic mass is 32.2. The van der Waals surface area contributed by atoms with Gasteiger partial charge in [-0.1, -0.05) is 42.1 Å². The van der Waals surface area contributed by atoms with Gasteiger partial charge in [0.25, 0.3) is 0 Å². The third-order valence-electron chi connectivity index (χ3n) is 4.16. The Morgan fingerprint density at radius 1 is 1.27 bits per heavy atom. The maximum Gasteiger partial charge on any atom is 0.230 e. The number of amides is 1. The van der Waals surface area contributed by atoms with Crippen molar-refractivity contribution < 1.29 is 13.9 Å². The van der Waals surface area contributed by atoms with Crippen LogP contribution in [0.3, 0.4) is 0 Å². The smallest absolute Gasteiger partial charge is 0.230 e.